The van der Waals surface area contributed by atoms with Gasteiger partial charge in [0.1, 0.15) is 0 Å². The monoisotopic (exact) mass is 211 g/mol. The molecule has 1 aromatic heterocycles. The lowest BCUT2D eigenvalue weighted by molar-refractivity contribution is -0.128. The van der Waals surface area contributed by atoms with Crippen molar-refractivity contribution >= 4 is 6.47 Å². The number of ether oxygens (including phenoxy) is 1. The van der Waals surface area contributed by atoms with Gasteiger partial charge in [0.15, 0.2) is 0 Å². The number of halogens is 1. The first kappa shape index (κ1) is 11.6. The van der Waals surface area contributed by atoms with Gasteiger partial charge in [-0.15, -0.1) is 0 Å². The van der Waals surface area contributed by atoms with Crippen molar-refractivity contribution in [2.75, 3.05) is 6.61 Å². The zero-order valence-electron chi connectivity index (χ0n) is 8.65. The lowest BCUT2D eigenvalue weighted by Crippen LogP contribution is -1.84. The molecule has 4 heteroatoms. The number of carbonyl (C=O) groups is 1. The summed E-state index contributed by atoms with van der Waals surface area (Å²) < 4.78 is 16.4. The van der Waals surface area contributed by atoms with Gasteiger partial charge in [0.2, 0.25) is 5.95 Å². The van der Waals surface area contributed by atoms with Crippen LogP contribution in [0.3, 0.4) is 0 Å². The Morgan fingerprint density at radius 2 is 2.33 bits per heavy atom. The normalized spacial score (nSPS) is 13.7. The molecule has 0 bridgehead atoms. The second-order valence-electron chi connectivity index (χ2n) is 3.24. The van der Waals surface area contributed by atoms with Gasteiger partial charge in [-0.25, -0.2) is 4.98 Å². The Morgan fingerprint density at radius 3 is 2.67 bits per heavy atom. The Kier molecular flexibility index (Phi) is 4.74. The van der Waals surface area contributed by atoms with E-state index in [-0.39, 0.29) is 5.95 Å². The van der Waals surface area contributed by atoms with Crippen LogP contribution in [-0.2, 0) is 9.53 Å². The van der Waals surface area contributed by atoms with E-state index in [9.17, 15) is 9.18 Å². The minimum absolute atomic E-state index is 0.385. The Bertz CT molecular complexity index is 296. The molecule has 1 fully saturated rings. The SMILES string of the molecule is CCOC=O.Fc1ccc(C2CC2)cn1. The number of aromatic nitrogens is 1. The highest BCUT2D eigenvalue weighted by molar-refractivity contribution is 5.36. The maximum atomic E-state index is 12.3. The van der Waals surface area contributed by atoms with Crippen LogP contribution < -0.4 is 0 Å². The van der Waals surface area contributed by atoms with Gasteiger partial charge in [0.25, 0.3) is 6.47 Å². The molecule has 0 N–H and O–H groups in total. The summed E-state index contributed by atoms with van der Waals surface area (Å²) in [5.41, 5.74) is 1.18. The lowest BCUT2D eigenvalue weighted by Gasteiger charge is -1.93. The fraction of sp³-hybridized carbons (Fsp3) is 0.455. The molecule has 2 rings (SSSR count). The third kappa shape index (κ3) is 4.54. The second kappa shape index (κ2) is 6.11. The zero-order valence-corrected chi connectivity index (χ0v) is 8.65. The van der Waals surface area contributed by atoms with Crippen LogP contribution in [0, 0.1) is 5.95 Å². The van der Waals surface area contributed by atoms with Gasteiger partial charge in [-0.1, -0.05) is 6.07 Å². The van der Waals surface area contributed by atoms with Crippen LogP contribution in [0.5, 0.6) is 0 Å². The molecule has 1 aromatic rings. The van der Waals surface area contributed by atoms with E-state index in [0.717, 1.165) is 0 Å². The number of hydrogen-bond donors (Lipinski definition) is 0. The third-order valence-corrected chi connectivity index (χ3v) is 2.03. The Hall–Kier alpha value is -1.45. The van der Waals surface area contributed by atoms with E-state index in [4.69, 9.17) is 0 Å². The van der Waals surface area contributed by atoms with Crippen LogP contribution in [-0.4, -0.2) is 18.1 Å². The molecule has 3 nitrogen and oxygen atoms in total. The molecule has 0 unspecified atom stereocenters. The van der Waals surface area contributed by atoms with Crippen LogP contribution in [0.2, 0.25) is 0 Å². The molecule has 0 aliphatic heterocycles. The van der Waals surface area contributed by atoms with Gasteiger partial charge in [0.05, 0.1) is 6.61 Å². The molecule has 1 heterocycles. The van der Waals surface area contributed by atoms with Gasteiger partial charge in [-0.05, 0) is 37.3 Å². The average Bonchev–Trinajstić information content (AvgIpc) is 3.05. The summed E-state index contributed by atoms with van der Waals surface area (Å²) in [7, 11) is 0. The van der Waals surface area contributed by atoms with Crippen LogP contribution in [0.15, 0.2) is 18.3 Å². The van der Waals surface area contributed by atoms with E-state index in [1.807, 2.05) is 6.07 Å². The van der Waals surface area contributed by atoms with E-state index < -0.39 is 0 Å². The molecule has 82 valence electrons. The molecule has 1 saturated carbocycles. The smallest absolute Gasteiger partial charge is 0.293 e. The summed E-state index contributed by atoms with van der Waals surface area (Å²) in [4.78, 5) is 12.8. The molecule has 0 radical (unpaired) electrons. The zero-order chi connectivity index (χ0) is 11.1. The van der Waals surface area contributed by atoms with Crippen molar-refractivity contribution < 1.29 is 13.9 Å². The largest absolute Gasteiger partial charge is 0.468 e. The first-order chi connectivity index (χ1) is 7.27. The van der Waals surface area contributed by atoms with Gasteiger partial charge >= 0.3 is 0 Å². The number of carbonyl (C=O) groups excluding carboxylic acids is 1. The molecule has 0 saturated heterocycles. The van der Waals surface area contributed by atoms with Crippen molar-refractivity contribution in [1.29, 1.82) is 0 Å². The standard InChI is InChI=1S/C8H8FN.C3H6O2/c9-8-4-3-7(5-10-8)6-1-2-6;1-2-5-3-4/h3-6H,1-2H2;3H,2H2,1H3. The van der Waals surface area contributed by atoms with Crippen molar-refractivity contribution in [3.05, 3.63) is 29.8 Å². The average molecular weight is 211 g/mol. The van der Waals surface area contributed by atoms with Crippen molar-refractivity contribution in [2.24, 2.45) is 0 Å². The Labute approximate surface area is 88.3 Å². The summed E-state index contributed by atoms with van der Waals surface area (Å²) in [5.74, 6) is 0.289. The first-order valence-corrected chi connectivity index (χ1v) is 4.94. The topological polar surface area (TPSA) is 39.2 Å². The van der Waals surface area contributed by atoms with Crippen molar-refractivity contribution in [1.82, 2.24) is 4.98 Å². The summed E-state index contributed by atoms with van der Waals surface area (Å²) in [5, 5.41) is 0. The predicted octanol–water partition coefficient (Wildman–Crippen LogP) is 2.28. The van der Waals surface area contributed by atoms with Crippen LogP contribution in [0.4, 0.5) is 4.39 Å². The molecular weight excluding hydrogens is 197 g/mol. The number of rotatable bonds is 3. The molecule has 0 atom stereocenters. The molecule has 0 spiro atoms. The van der Waals surface area contributed by atoms with Crippen molar-refractivity contribution in [2.45, 2.75) is 25.7 Å². The second-order valence-corrected chi connectivity index (χ2v) is 3.24. The van der Waals surface area contributed by atoms with E-state index >= 15 is 0 Å². The fourth-order valence-corrected chi connectivity index (χ4v) is 1.11. The number of hydrogen-bond acceptors (Lipinski definition) is 3. The molecule has 0 aromatic carbocycles. The molecule has 1 aliphatic rings. The summed E-state index contributed by atoms with van der Waals surface area (Å²) in [6.07, 6.45) is 4.12. The number of nitrogens with zero attached hydrogens (tertiary/aromatic N) is 1. The highest BCUT2D eigenvalue weighted by Crippen LogP contribution is 2.39. The van der Waals surface area contributed by atoms with Crippen molar-refractivity contribution in [3.8, 4) is 0 Å². The number of pyridine rings is 1. The highest BCUT2D eigenvalue weighted by atomic mass is 19.1. The lowest BCUT2D eigenvalue weighted by atomic mass is 10.2. The quantitative estimate of drug-likeness (QED) is 0.568. The molecule has 1 aliphatic carbocycles. The Balaban J connectivity index is 0.000000195. The highest BCUT2D eigenvalue weighted by Gasteiger charge is 2.23. The van der Waals surface area contributed by atoms with Gasteiger partial charge in [-0.2, -0.15) is 4.39 Å². The third-order valence-electron chi connectivity index (χ3n) is 2.03. The summed E-state index contributed by atoms with van der Waals surface area (Å²) in [6.45, 7) is 2.66. The van der Waals surface area contributed by atoms with E-state index in [1.54, 1.807) is 13.1 Å². The van der Waals surface area contributed by atoms with E-state index in [2.05, 4.69) is 9.72 Å². The minimum atomic E-state index is -0.385. The van der Waals surface area contributed by atoms with E-state index in [1.165, 1.54) is 24.5 Å². The summed E-state index contributed by atoms with van der Waals surface area (Å²) in [6, 6.07) is 3.24. The van der Waals surface area contributed by atoms with Gasteiger partial charge < -0.3 is 4.74 Å². The Morgan fingerprint density at radius 1 is 1.60 bits per heavy atom. The predicted molar refractivity (Wildman–Crippen MR) is 53.9 cm³/mol. The summed E-state index contributed by atoms with van der Waals surface area (Å²) >= 11 is 0. The van der Waals surface area contributed by atoms with Crippen LogP contribution in [0.25, 0.3) is 0 Å². The first-order valence-electron chi connectivity index (χ1n) is 4.94. The van der Waals surface area contributed by atoms with Crippen LogP contribution >= 0.6 is 0 Å². The van der Waals surface area contributed by atoms with Crippen LogP contribution in [0.1, 0.15) is 31.2 Å². The molecule has 0 amide bonds. The minimum Gasteiger partial charge on any atom is -0.468 e. The maximum absolute atomic E-state index is 12.3. The fourth-order valence-electron chi connectivity index (χ4n) is 1.11. The molecular formula is C11H14FNO2. The molecule has 15 heavy (non-hydrogen) atoms. The van der Waals surface area contributed by atoms with E-state index in [0.29, 0.717) is 19.0 Å². The van der Waals surface area contributed by atoms with Gasteiger partial charge in [0, 0.05) is 6.20 Å². The van der Waals surface area contributed by atoms with Gasteiger partial charge in [-0.3, -0.25) is 4.79 Å². The maximum Gasteiger partial charge on any atom is 0.293 e. The van der Waals surface area contributed by atoms with Crippen molar-refractivity contribution in [3.63, 3.8) is 0 Å².